The third kappa shape index (κ3) is 3.12. The monoisotopic (exact) mass is 330 g/mol. The Balaban J connectivity index is 1.33. The molecule has 1 saturated carbocycles. The summed E-state index contributed by atoms with van der Waals surface area (Å²) in [7, 11) is 2.27. The second-order valence-electron chi connectivity index (χ2n) is 7.32. The highest BCUT2D eigenvalue weighted by Gasteiger charge is 2.49. The molecule has 1 saturated heterocycles. The summed E-state index contributed by atoms with van der Waals surface area (Å²) in [5.74, 6) is 1.09. The van der Waals surface area contributed by atoms with Gasteiger partial charge in [0.05, 0.1) is 12.8 Å². The Labute approximate surface area is 142 Å². The number of furan rings is 1. The van der Waals surface area contributed by atoms with Gasteiger partial charge in [0.25, 0.3) is 0 Å². The lowest BCUT2D eigenvalue weighted by Gasteiger charge is -2.57. The van der Waals surface area contributed by atoms with Crippen molar-refractivity contribution in [1.82, 2.24) is 9.80 Å². The van der Waals surface area contributed by atoms with Gasteiger partial charge in [-0.15, -0.1) is 0 Å². The van der Waals surface area contributed by atoms with Crippen LogP contribution in [0.4, 0.5) is 0 Å². The molecule has 0 aromatic carbocycles. The number of likely N-dealkylation sites (tertiary alicyclic amines) is 1. The van der Waals surface area contributed by atoms with E-state index in [0.717, 1.165) is 24.9 Å². The molecule has 3 heterocycles. The van der Waals surface area contributed by atoms with E-state index >= 15 is 0 Å². The quantitative estimate of drug-likeness (QED) is 0.818. The van der Waals surface area contributed by atoms with Crippen molar-refractivity contribution >= 4 is 11.3 Å². The van der Waals surface area contributed by atoms with Crippen molar-refractivity contribution in [3.05, 3.63) is 46.5 Å². The largest absolute Gasteiger partial charge is 0.468 e. The summed E-state index contributed by atoms with van der Waals surface area (Å²) in [6.07, 6.45) is 7.24. The van der Waals surface area contributed by atoms with Crippen LogP contribution in [0.1, 0.15) is 37.0 Å². The summed E-state index contributed by atoms with van der Waals surface area (Å²) in [6.45, 7) is 4.58. The SMILES string of the molecule is CN(Cc1ccco1)C1CCC12CCN(Cc1ccsc1)CC2. The first-order valence-electron chi connectivity index (χ1n) is 8.71. The second kappa shape index (κ2) is 6.42. The minimum atomic E-state index is 0.562. The number of thiophene rings is 1. The van der Waals surface area contributed by atoms with Crippen molar-refractivity contribution in [1.29, 1.82) is 0 Å². The minimum absolute atomic E-state index is 0.562. The van der Waals surface area contributed by atoms with Crippen LogP contribution >= 0.6 is 11.3 Å². The lowest BCUT2D eigenvalue weighted by molar-refractivity contribution is -0.0648. The van der Waals surface area contributed by atoms with Crippen LogP contribution in [0.25, 0.3) is 0 Å². The second-order valence-corrected chi connectivity index (χ2v) is 8.10. The molecule has 1 unspecified atom stereocenters. The Bertz CT molecular complexity index is 599. The zero-order valence-corrected chi connectivity index (χ0v) is 14.7. The molecule has 2 fully saturated rings. The van der Waals surface area contributed by atoms with Crippen molar-refractivity contribution in [2.75, 3.05) is 20.1 Å². The lowest BCUT2D eigenvalue weighted by Crippen LogP contribution is -2.57. The summed E-state index contributed by atoms with van der Waals surface area (Å²) in [6, 6.07) is 7.07. The van der Waals surface area contributed by atoms with Gasteiger partial charge in [0.1, 0.15) is 5.76 Å². The molecule has 2 aliphatic rings. The van der Waals surface area contributed by atoms with Gasteiger partial charge in [-0.2, -0.15) is 11.3 Å². The first kappa shape index (κ1) is 15.4. The normalized spacial score (nSPS) is 24.2. The fourth-order valence-electron chi connectivity index (χ4n) is 4.51. The van der Waals surface area contributed by atoms with Crippen LogP contribution in [0.2, 0.25) is 0 Å². The number of hydrogen-bond donors (Lipinski definition) is 0. The average molecular weight is 330 g/mol. The fraction of sp³-hybridized carbons (Fsp3) is 0.579. The Morgan fingerprint density at radius 3 is 2.78 bits per heavy atom. The molecule has 4 heteroatoms. The minimum Gasteiger partial charge on any atom is -0.468 e. The van der Waals surface area contributed by atoms with E-state index in [0.29, 0.717) is 5.41 Å². The maximum Gasteiger partial charge on any atom is 0.117 e. The Kier molecular flexibility index (Phi) is 4.31. The van der Waals surface area contributed by atoms with Gasteiger partial charge in [0.15, 0.2) is 0 Å². The lowest BCUT2D eigenvalue weighted by atomic mass is 9.58. The third-order valence-electron chi connectivity index (χ3n) is 5.98. The summed E-state index contributed by atoms with van der Waals surface area (Å²) < 4.78 is 5.53. The van der Waals surface area contributed by atoms with Gasteiger partial charge >= 0.3 is 0 Å². The van der Waals surface area contributed by atoms with Crippen LogP contribution in [0.3, 0.4) is 0 Å². The van der Waals surface area contributed by atoms with Crippen molar-refractivity contribution in [3.8, 4) is 0 Å². The molecular formula is C19H26N2OS. The summed E-state index contributed by atoms with van der Waals surface area (Å²) in [4.78, 5) is 5.16. The molecule has 1 atom stereocenters. The average Bonchev–Trinajstić information content (AvgIpc) is 3.21. The van der Waals surface area contributed by atoms with Gasteiger partial charge in [0, 0.05) is 12.6 Å². The van der Waals surface area contributed by atoms with Crippen LogP contribution < -0.4 is 0 Å². The zero-order chi connectivity index (χ0) is 15.7. The standard InChI is InChI=1S/C19H26N2OS/c1-20(14-17-3-2-11-22-17)18-4-6-19(18)7-9-21(10-8-19)13-16-5-12-23-15-16/h2-3,5,11-12,15,18H,4,6-10,13-14H2,1H3. The predicted octanol–water partition coefficient (Wildman–Crippen LogP) is 4.22. The molecule has 2 aromatic heterocycles. The van der Waals surface area contributed by atoms with Crippen LogP contribution in [0.5, 0.6) is 0 Å². The van der Waals surface area contributed by atoms with Crippen LogP contribution in [-0.4, -0.2) is 36.0 Å². The number of piperidine rings is 1. The predicted molar refractivity (Wildman–Crippen MR) is 94.5 cm³/mol. The highest BCUT2D eigenvalue weighted by Crippen LogP contribution is 2.51. The van der Waals surface area contributed by atoms with Gasteiger partial charge in [-0.05, 0) is 85.8 Å². The maximum atomic E-state index is 5.53. The van der Waals surface area contributed by atoms with Gasteiger partial charge in [-0.25, -0.2) is 0 Å². The molecule has 0 N–H and O–H groups in total. The number of hydrogen-bond acceptors (Lipinski definition) is 4. The van der Waals surface area contributed by atoms with E-state index in [4.69, 9.17) is 4.42 Å². The van der Waals surface area contributed by atoms with E-state index in [1.807, 2.05) is 17.4 Å². The van der Waals surface area contributed by atoms with Gasteiger partial charge < -0.3 is 4.42 Å². The molecule has 124 valence electrons. The topological polar surface area (TPSA) is 19.6 Å². The summed E-state index contributed by atoms with van der Waals surface area (Å²) >= 11 is 1.81. The van der Waals surface area contributed by atoms with Crippen LogP contribution in [0.15, 0.2) is 39.6 Å². The molecule has 3 nitrogen and oxygen atoms in total. The highest BCUT2D eigenvalue weighted by atomic mass is 32.1. The van der Waals surface area contributed by atoms with Gasteiger partial charge in [0.2, 0.25) is 0 Å². The molecule has 0 amide bonds. The molecule has 1 aliphatic heterocycles. The smallest absolute Gasteiger partial charge is 0.117 e. The fourth-order valence-corrected chi connectivity index (χ4v) is 5.17. The molecular weight excluding hydrogens is 304 g/mol. The van der Waals surface area contributed by atoms with E-state index < -0.39 is 0 Å². The van der Waals surface area contributed by atoms with Gasteiger partial charge in [-0.1, -0.05) is 0 Å². The van der Waals surface area contributed by atoms with E-state index in [1.54, 1.807) is 6.26 Å². The van der Waals surface area contributed by atoms with Crippen molar-refractivity contribution in [3.63, 3.8) is 0 Å². The first-order valence-corrected chi connectivity index (χ1v) is 9.66. The van der Waals surface area contributed by atoms with E-state index in [2.05, 4.69) is 39.7 Å². The highest BCUT2D eigenvalue weighted by molar-refractivity contribution is 7.07. The Hall–Kier alpha value is -1.10. The molecule has 0 bridgehead atoms. The first-order chi connectivity index (χ1) is 11.3. The van der Waals surface area contributed by atoms with Gasteiger partial charge in [-0.3, -0.25) is 9.80 Å². The number of nitrogens with zero attached hydrogens (tertiary/aromatic N) is 2. The van der Waals surface area contributed by atoms with E-state index in [-0.39, 0.29) is 0 Å². The molecule has 1 aliphatic carbocycles. The molecule has 0 radical (unpaired) electrons. The van der Waals surface area contributed by atoms with Crippen molar-refractivity contribution in [2.45, 2.75) is 44.8 Å². The number of rotatable bonds is 5. The van der Waals surface area contributed by atoms with Crippen LogP contribution in [-0.2, 0) is 13.1 Å². The van der Waals surface area contributed by atoms with E-state index in [9.17, 15) is 0 Å². The Morgan fingerprint density at radius 1 is 1.30 bits per heavy atom. The zero-order valence-electron chi connectivity index (χ0n) is 13.9. The van der Waals surface area contributed by atoms with Crippen LogP contribution in [0, 0.1) is 5.41 Å². The van der Waals surface area contributed by atoms with E-state index in [1.165, 1.54) is 44.3 Å². The summed E-state index contributed by atoms with van der Waals surface area (Å²) in [5.41, 5.74) is 2.04. The molecule has 1 spiro atoms. The third-order valence-corrected chi connectivity index (χ3v) is 6.71. The maximum absolute atomic E-state index is 5.53. The van der Waals surface area contributed by atoms with Crippen molar-refractivity contribution in [2.24, 2.45) is 5.41 Å². The molecule has 23 heavy (non-hydrogen) atoms. The summed E-state index contributed by atoms with van der Waals surface area (Å²) in [5, 5.41) is 4.47. The Morgan fingerprint density at radius 2 is 2.17 bits per heavy atom. The van der Waals surface area contributed by atoms with Crippen molar-refractivity contribution < 1.29 is 4.42 Å². The molecule has 4 rings (SSSR count). The molecule has 2 aromatic rings.